The minimum atomic E-state index is -3.72. The van der Waals surface area contributed by atoms with Crippen LogP contribution in [-0.2, 0) is 26.1 Å². The van der Waals surface area contributed by atoms with Crippen molar-refractivity contribution in [2.45, 2.75) is 48.3 Å². The van der Waals surface area contributed by atoms with E-state index in [1.807, 2.05) is 19.1 Å². The molecule has 28 heavy (non-hydrogen) atoms. The van der Waals surface area contributed by atoms with Gasteiger partial charge in [-0.3, -0.25) is 9.08 Å². The number of hydrogen-bond donors (Lipinski definition) is 0. The third-order valence-electron chi connectivity index (χ3n) is 7.10. The molecule has 1 fully saturated rings. The van der Waals surface area contributed by atoms with Crippen LogP contribution in [0.15, 0.2) is 23.8 Å². The number of alkyl halides is 1. The fraction of sp³-hybridized carbons (Fsp3) is 0.600. The van der Waals surface area contributed by atoms with Crippen LogP contribution < -0.4 is 9.47 Å². The van der Waals surface area contributed by atoms with Gasteiger partial charge >= 0.3 is 0 Å². The van der Waals surface area contributed by atoms with Gasteiger partial charge in [0.2, 0.25) is 0 Å². The van der Waals surface area contributed by atoms with Gasteiger partial charge in [0.1, 0.15) is 11.7 Å². The van der Waals surface area contributed by atoms with Gasteiger partial charge in [0.15, 0.2) is 11.5 Å². The molecular weight excluding hydrogens is 402 g/mol. The van der Waals surface area contributed by atoms with Crippen molar-refractivity contribution in [1.29, 1.82) is 0 Å². The first-order valence-corrected chi connectivity index (χ1v) is 11.7. The Labute approximate surface area is 170 Å². The van der Waals surface area contributed by atoms with Crippen LogP contribution in [0, 0.1) is 0 Å². The lowest BCUT2D eigenvalue weighted by Gasteiger charge is -2.59. The normalized spacial score (nSPS) is 38.5. The molecule has 0 radical (unpaired) electrons. The number of benzene rings is 1. The maximum absolute atomic E-state index is 12.1. The van der Waals surface area contributed by atoms with Crippen molar-refractivity contribution < 1.29 is 22.1 Å². The number of nitrogens with zero attached hydrogens (tertiary/aromatic N) is 1. The van der Waals surface area contributed by atoms with Crippen molar-refractivity contribution in [3.05, 3.63) is 34.9 Å². The van der Waals surface area contributed by atoms with Crippen molar-refractivity contribution in [3.63, 3.8) is 0 Å². The van der Waals surface area contributed by atoms with Gasteiger partial charge in [-0.25, -0.2) is 0 Å². The Bertz CT molecular complexity index is 1010. The minimum Gasteiger partial charge on any atom is -0.493 e. The van der Waals surface area contributed by atoms with E-state index in [0.29, 0.717) is 11.5 Å². The first kappa shape index (κ1) is 18.7. The topological polar surface area (TPSA) is 65.1 Å². The van der Waals surface area contributed by atoms with Gasteiger partial charge < -0.3 is 9.47 Å². The van der Waals surface area contributed by atoms with Crippen LogP contribution in [-0.4, -0.2) is 63.4 Å². The Kier molecular flexibility index (Phi) is 3.78. The average molecular weight is 426 g/mol. The average Bonchev–Trinajstić information content (AvgIpc) is 2.88. The fourth-order valence-electron chi connectivity index (χ4n) is 5.95. The molecule has 4 aliphatic rings. The van der Waals surface area contributed by atoms with E-state index in [9.17, 15) is 8.42 Å². The van der Waals surface area contributed by atoms with E-state index < -0.39 is 32.6 Å². The van der Waals surface area contributed by atoms with Gasteiger partial charge in [0.05, 0.1) is 24.2 Å². The van der Waals surface area contributed by atoms with E-state index in [1.54, 1.807) is 7.11 Å². The van der Waals surface area contributed by atoms with E-state index in [0.717, 1.165) is 31.2 Å². The van der Waals surface area contributed by atoms with Gasteiger partial charge in [-0.2, -0.15) is 8.42 Å². The molecule has 5 atom stereocenters. The highest BCUT2D eigenvalue weighted by atomic mass is 35.5. The molecule has 2 aliphatic heterocycles. The maximum Gasteiger partial charge on any atom is 0.264 e. The molecule has 0 amide bonds. The van der Waals surface area contributed by atoms with Gasteiger partial charge in [-0.15, -0.1) is 11.6 Å². The predicted octanol–water partition coefficient (Wildman–Crippen LogP) is 2.24. The molecular formula is C20H24ClNO5S. The number of ether oxygens (including phenoxy) is 2. The molecule has 0 aromatic heterocycles. The third kappa shape index (κ3) is 2.13. The molecule has 2 bridgehead atoms. The van der Waals surface area contributed by atoms with Gasteiger partial charge in [0.25, 0.3) is 10.1 Å². The van der Waals surface area contributed by atoms with Gasteiger partial charge in [-0.1, -0.05) is 12.1 Å². The van der Waals surface area contributed by atoms with E-state index in [1.165, 1.54) is 11.1 Å². The highest BCUT2D eigenvalue weighted by Gasteiger charge is 2.71. The van der Waals surface area contributed by atoms with Crippen LogP contribution in [0.25, 0.3) is 0 Å². The number of methoxy groups -OCH3 is 1. The largest absolute Gasteiger partial charge is 0.493 e. The van der Waals surface area contributed by atoms with Gasteiger partial charge in [-0.05, 0) is 50.6 Å². The standard InChI is InChI=1S/C20H24ClNO5S/c1-19-18(27-28(4,23)24)13(21)10-12-14-9-11-5-6-15(25-3)17(26-19)16(11)20(12,19)7-8-22(14)2/h5-6,10,13-14,18H,7-9H2,1-4H3/t13-,14-,18-,19+,20-/m1/s1. The Hall–Kier alpha value is -1.28. The summed E-state index contributed by atoms with van der Waals surface area (Å²) in [5.41, 5.74) is 2.15. The number of halogens is 1. The first-order chi connectivity index (χ1) is 13.1. The third-order valence-corrected chi connectivity index (χ3v) is 8.01. The van der Waals surface area contributed by atoms with Crippen molar-refractivity contribution >= 4 is 21.7 Å². The van der Waals surface area contributed by atoms with Crippen molar-refractivity contribution in [2.75, 3.05) is 27.0 Å². The number of piperidine rings is 1. The molecule has 0 saturated carbocycles. The summed E-state index contributed by atoms with van der Waals surface area (Å²) in [6.45, 7) is 2.83. The van der Waals surface area contributed by atoms with Crippen molar-refractivity contribution in [2.24, 2.45) is 0 Å². The Balaban J connectivity index is 1.83. The summed E-state index contributed by atoms with van der Waals surface area (Å²) in [4.78, 5) is 2.35. The van der Waals surface area contributed by atoms with Gasteiger partial charge in [0, 0.05) is 11.6 Å². The molecule has 5 rings (SSSR count). The SMILES string of the molecule is COc1ccc2c3c1O[C@@]1(C)[C@H](OS(C)(=O)=O)[C@H](Cl)C=C4[C@@H](C2)N(C)CC[C@@]431. The smallest absolute Gasteiger partial charge is 0.264 e. The molecule has 8 heteroatoms. The summed E-state index contributed by atoms with van der Waals surface area (Å²) in [7, 11) is 0.0260. The van der Waals surface area contributed by atoms with E-state index >= 15 is 0 Å². The zero-order chi connectivity index (χ0) is 20.1. The Morgan fingerprint density at radius 3 is 2.79 bits per heavy atom. The summed E-state index contributed by atoms with van der Waals surface area (Å²) < 4.78 is 41.9. The molecule has 152 valence electrons. The minimum absolute atomic E-state index is 0.212. The molecule has 2 heterocycles. The molecule has 6 nitrogen and oxygen atoms in total. The van der Waals surface area contributed by atoms with Crippen LogP contribution in [0.4, 0.5) is 0 Å². The molecule has 0 N–H and O–H groups in total. The van der Waals surface area contributed by atoms with Crippen molar-refractivity contribution in [3.8, 4) is 11.5 Å². The number of hydrogen-bond acceptors (Lipinski definition) is 6. The molecule has 2 aliphatic carbocycles. The quantitative estimate of drug-likeness (QED) is 0.420. The lowest BCUT2D eigenvalue weighted by molar-refractivity contribution is -0.0719. The number of likely N-dealkylation sites (tertiary alicyclic amines) is 1. The van der Waals surface area contributed by atoms with Crippen LogP contribution in [0.2, 0.25) is 0 Å². The van der Waals surface area contributed by atoms with Crippen LogP contribution in [0.1, 0.15) is 24.5 Å². The summed E-state index contributed by atoms with van der Waals surface area (Å²) >= 11 is 6.72. The predicted molar refractivity (Wildman–Crippen MR) is 106 cm³/mol. The molecule has 1 spiro atoms. The summed E-state index contributed by atoms with van der Waals surface area (Å²) in [6.07, 6.45) is 3.92. The summed E-state index contributed by atoms with van der Waals surface area (Å²) in [6, 6.07) is 4.25. The molecule has 1 saturated heterocycles. The maximum atomic E-state index is 12.1. The molecule has 1 aromatic carbocycles. The highest BCUT2D eigenvalue weighted by molar-refractivity contribution is 7.86. The van der Waals surface area contributed by atoms with Crippen LogP contribution in [0.5, 0.6) is 11.5 Å². The van der Waals surface area contributed by atoms with Crippen LogP contribution in [0.3, 0.4) is 0 Å². The monoisotopic (exact) mass is 425 g/mol. The fourth-order valence-corrected chi connectivity index (χ4v) is 7.11. The zero-order valence-corrected chi connectivity index (χ0v) is 17.9. The summed E-state index contributed by atoms with van der Waals surface area (Å²) in [5, 5.41) is -0.612. The van der Waals surface area contributed by atoms with E-state index in [2.05, 4.69) is 18.0 Å². The molecule has 0 unspecified atom stereocenters. The van der Waals surface area contributed by atoms with Crippen molar-refractivity contribution in [1.82, 2.24) is 4.90 Å². The zero-order valence-electron chi connectivity index (χ0n) is 16.4. The second-order valence-electron chi connectivity index (χ2n) is 8.48. The lowest BCUT2D eigenvalue weighted by Crippen LogP contribution is -2.69. The number of rotatable bonds is 3. The Morgan fingerprint density at radius 1 is 1.36 bits per heavy atom. The van der Waals surface area contributed by atoms with E-state index in [-0.39, 0.29) is 6.04 Å². The van der Waals surface area contributed by atoms with E-state index in [4.69, 9.17) is 25.3 Å². The Morgan fingerprint density at radius 2 is 2.11 bits per heavy atom. The number of likely N-dealkylation sites (N-methyl/N-ethyl adjacent to an activating group) is 1. The second-order valence-corrected chi connectivity index (χ2v) is 10.6. The summed E-state index contributed by atoms with van der Waals surface area (Å²) in [5.74, 6) is 1.36. The molecule has 1 aromatic rings. The van der Waals surface area contributed by atoms with Crippen LogP contribution >= 0.6 is 11.6 Å². The second kappa shape index (κ2) is 5.65. The first-order valence-electron chi connectivity index (χ1n) is 9.46. The highest BCUT2D eigenvalue weighted by Crippen LogP contribution is 2.67. The lowest BCUT2D eigenvalue weighted by atomic mass is 9.51.